The Morgan fingerprint density at radius 3 is 2.81 bits per heavy atom. The number of H-pyrrole nitrogens is 1. The van der Waals surface area contributed by atoms with Gasteiger partial charge in [0.05, 0.1) is 6.33 Å². The number of hydrogen-bond acceptors (Lipinski definition) is 8. The van der Waals surface area contributed by atoms with Crippen molar-refractivity contribution in [2.24, 2.45) is 0 Å². The van der Waals surface area contributed by atoms with Gasteiger partial charge in [-0.1, -0.05) is 0 Å². The summed E-state index contributed by atoms with van der Waals surface area (Å²) >= 11 is 0. The molecule has 1 aliphatic heterocycles. The highest BCUT2D eigenvalue weighted by molar-refractivity contribution is 7.46. The lowest BCUT2D eigenvalue weighted by Gasteiger charge is -2.25. The van der Waals surface area contributed by atoms with Crippen molar-refractivity contribution in [3.8, 4) is 0 Å². The van der Waals surface area contributed by atoms with Crippen molar-refractivity contribution < 1.29 is 37.5 Å². The summed E-state index contributed by atoms with van der Waals surface area (Å²) in [6, 6.07) is 0. The number of phosphoric acid groups is 1. The first-order valence-electron chi connectivity index (χ1n) is 7.01. The van der Waals surface area contributed by atoms with Crippen LogP contribution < -0.4 is 11.3 Å². The van der Waals surface area contributed by atoms with Gasteiger partial charge in [0.25, 0.3) is 11.4 Å². The Kier molecular flexibility index (Phi) is 4.18. The Morgan fingerprint density at radius 1 is 1.54 bits per heavy atom. The number of nitrogens with two attached hydrogens (primary N) is 1. The SMILES string of the molecule is C[C@]1(F)[C@H](n2cnc3c(=O)[nH]c(N)nc32)O[C@](F)(COP(=O)(O)O)[C@H]1O. The third-order valence-corrected chi connectivity index (χ3v) is 4.33. The van der Waals surface area contributed by atoms with Gasteiger partial charge in [-0.25, -0.2) is 18.3 Å². The Hall–Kier alpha value is -1.96. The average Bonchev–Trinajstić information content (AvgIpc) is 2.99. The summed E-state index contributed by atoms with van der Waals surface area (Å²) in [5, 5.41) is 9.97. The van der Waals surface area contributed by atoms with E-state index in [2.05, 4.69) is 19.5 Å². The summed E-state index contributed by atoms with van der Waals surface area (Å²) in [6.07, 6.45) is -3.44. The van der Waals surface area contributed by atoms with Gasteiger partial charge in [0.2, 0.25) is 5.95 Å². The van der Waals surface area contributed by atoms with Crippen LogP contribution in [0.25, 0.3) is 11.2 Å². The lowest BCUT2D eigenvalue weighted by molar-refractivity contribution is -0.204. The molecule has 15 heteroatoms. The van der Waals surface area contributed by atoms with E-state index in [0.29, 0.717) is 0 Å². The number of imidazole rings is 1. The van der Waals surface area contributed by atoms with Crippen LogP contribution in [-0.2, 0) is 13.8 Å². The smallest absolute Gasteiger partial charge is 0.384 e. The van der Waals surface area contributed by atoms with Crippen LogP contribution in [0.5, 0.6) is 0 Å². The summed E-state index contributed by atoms with van der Waals surface area (Å²) < 4.78 is 50.3. The number of rotatable bonds is 4. The van der Waals surface area contributed by atoms with Crippen molar-refractivity contribution in [3.05, 3.63) is 16.7 Å². The van der Waals surface area contributed by atoms with Crippen molar-refractivity contribution in [1.82, 2.24) is 19.5 Å². The van der Waals surface area contributed by atoms with E-state index in [-0.39, 0.29) is 17.1 Å². The van der Waals surface area contributed by atoms with E-state index in [1.54, 1.807) is 0 Å². The molecule has 26 heavy (non-hydrogen) atoms. The molecule has 0 saturated carbocycles. The molecule has 144 valence electrons. The quantitative estimate of drug-likeness (QED) is 0.405. The molecular formula is C11H14F2N5O7P. The molecule has 0 radical (unpaired) electrons. The monoisotopic (exact) mass is 397 g/mol. The van der Waals surface area contributed by atoms with E-state index in [1.807, 2.05) is 0 Å². The van der Waals surface area contributed by atoms with E-state index in [9.17, 15) is 18.9 Å². The van der Waals surface area contributed by atoms with Gasteiger partial charge in [-0.2, -0.15) is 4.98 Å². The number of aliphatic hydroxyl groups is 1. The number of ether oxygens (including phenoxy) is 1. The fourth-order valence-corrected chi connectivity index (χ4v) is 2.99. The first-order valence-corrected chi connectivity index (χ1v) is 8.54. The number of anilines is 1. The zero-order valence-electron chi connectivity index (χ0n) is 13.0. The third-order valence-electron chi connectivity index (χ3n) is 3.87. The molecule has 3 heterocycles. The van der Waals surface area contributed by atoms with Crippen LogP contribution in [0, 0.1) is 0 Å². The van der Waals surface area contributed by atoms with Gasteiger partial charge in [0.15, 0.2) is 29.2 Å². The van der Waals surface area contributed by atoms with Crippen molar-refractivity contribution in [2.75, 3.05) is 12.3 Å². The number of nitrogens with zero attached hydrogens (tertiary/aromatic N) is 3. The molecule has 1 aliphatic rings. The van der Waals surface area contributed by atoms with Gasteiger partial charge in [-0.3, -0.25) is 18.9 Å². The molecule has 0 amide bonds. The largest absolute Gasteiger partial charge is 0.469 e. The molecule has 1 fully saturated rings. The summed E-state index contributed by atoms with van der Waals surface area (Å²) in [7, 11) is -5.11. The molecule has 6 N–H and O–H groups in total. The first kappa shape index (κ1) is 18.8. The number of fused-ring (bicyclic) bond motifs is 1. The average molecular weight is 397 g/mol. The third kappa shape index (κ3) is 3.00. The van der Waals surface area contributed by atoms with E-state index in [1.165, 1.54) is 0 Å². The summed E-state index contributed by atoms with van der Waals surface area (Å²) in [5.41, 5.74) is 1.40. The maximum absolute atomic E-state index is 15.0. The summed E-state index contributed by atoms with van der Waals surface area (Å²) in [6.45, 7) is -0.652. The molecule has 1 saturated heterocycles. The van der Waals surface area contributed by atoms with Crippen molar-refractivity contribution in [2.45, 2.75) is 30.8 Å². The fraction of sp³-hybridized carbons (Fsp3) is 0.545. The first-order chi connectivity index (χ1) is 11.8. The molecule has 2 aromatic rings. The van der Waals surface area contributed by atoms with Crippen LogP contribution in [0.2, 0.25) is 0 Å². The van der Waals surface area contributed by atoms with Gasteiger partial charge >= 0.3 is 7.82 Å². The molecule has 4 atom stereocenters. The van der Waals surface area contributed by atoms with E-state index in [0.717, 1.165) is 17.8 Å². The second kappa shape index (κ2) is 5.77. The standard InChI is InChI=1S/C11H14F2N5O7P/c1-10(12)7(20)11(13,2-24-26(21,22)23)25-8(10)18-3-15-4-5(18)16-9(14)17-6(4)19/h3,7-8,20H,2H2,1H3,(H2,21,22,23)(H3,14,16,17,19)/t7-,8+,10+,11+/m0/s1. The molecule has 3 rings (SSSR count). The zero-order chi connectivity index (χ0) is 19.5. The minimum Gasteiger partial charge on any atom is -0.384 e. The highest BCUT2D eigenvalue weighted by atomic mass is 31.2. The molecule has 0 unspecified atom stereocenters. The summed E-state index contributed by atoms with van der Waals surface area (Å²) in [5.74, 6) is -3.61. The predicted octanol–water partition coefficient (Wildman–Crippen LogP) is -0.905. The molecule has 0 spiro atoms. The van der Waals surface area contributed by atoms with E-state index in [4.69, 9.17) is 20.3 Å². The van der Waals surface area contributed by atoms with E-state index < -0.39 is 43.8 Å². The predicted molar refractivity (Wildman–Crippen MR) is 80.0 cm³/mol. The van der Waals surface area contributed by atoms with Crippen LogP contribution in [0.4, 0.5) is 14.7 Å². The Labute approximate surface area is 142 Å². The normalized spacial score (nSPS) is 32.4. The lowest BCUT2D eigenvalue weighted by atomic mass is 9.97. The van der Waals surface area contributed by atoms with Crippen molar-refractivity contribution >= 4 is 24.9 Å². The molecule has 0 aliphatic carbocycles. The molecule has 0 bridgehead atoms. The maximum Gasteiger partial charge on any atom is 0.469 e. The number of alkyl halides is 2. The lowest BCUT2D eigenvalue weighted by Crippen LogP contribution is -2.46. The number of hydrogen-bond donors (Lipinski definition) is 5. The zero-order valence-corrected chi connectivity index (χ0v) is 13.9. The van der Waals surface area contributed by atoms with Crippen molar-refractivity contribution in [1.29, 1.82) is 0 Å². The number of phosphoric ester groups is 1. The van der Waals surface area contributed by atoms with Gasteiger partial charge in [-0.15, -0.1) is 0 Å². The molecule has 0 aromatic carbocycles. The minimum absolute atomic E-state index is 0.240. The Balaban J connectivity index is 2.03. The maximum atomic E-state index is 15.0. The van der Waals surface area contributed by atoms with Crippen LogP contribution in [0.3, 0.4) is 0 Å². The highest BCUT2D eigenvalue weighted by Gasteiger charge is 2.65. The number of nitrogen functional groups attached to an aromatic ring is 1. The molecule has 2 aromatic heterocycles. The number of aromatic nitrogens is 4. The van der Waals surface area contributed by atoms with Gasteiger partial charge < -0.3 is 25.4 Å². The molecular weight excluding hydrogens is 383 g/mol. The fourth-order valence-electron chi connectivity index (χ4n) is 2.65. The van der Waals surface area contributed by atoms with Crippen LogP contribution >= 0.6 is 7.82 Å². The Bertz CT molecular complexity index is 958. The minimum atomic E-state index is -5.11. The summed E-state index contributed by atoms with van der Waals surface area (Å²) in [4.78, 5) is 38.8. The number of nitrogens with one attached hydrogen (secondary N) is 1. The number of aliphatic hydroxyl groups excluding tert-OH is 1. The second-order valence-electron chi connectivity index (χ2n) is 5.85. The van der Waals surface area contributed by atoms with Gasteiger partial charge in [0.1, 0.15) is 6.61 Å². The topological polar surface area (TPSA) is 186 Å². The van der Waals surface area contributed by atoms with Crippen molar-refractivity contribution in [3.63, 3.8) is 0 Å². The second-order valence-corrected chi connectivity index (χ2v) is 7.09. The van der Waals surface area contributed by atoms with Crippen LogP contribution in [0.15, 0.2) is 11.1 Å². The van der Waals surface area contributed by atoms with Gasteiger partial charge in [-0.05, 0) is 6.92 Å². The Morgan fingerprint density at radius 2 is 2.19 bits per heavy atom. The molecule has 12 nitrogen and oxygen atoms in total. The van der Waals surface area contributed by atoms with E-state index >= 15 is 4.39 Å². The van der Waals surface area contributed by atoms with Crippen LogP contribution in [-0.4, -0.2) is 58.6 Å². The van der Waals surface area contributed by atoms with Crippen LogP contribution in [0.1, 0.15) is 13.2 Å². The number of halogens is 2. The highest BCUT2D eigenvalue weighted by Crippen LogP contribution is 2.50. The number of aromatic amines is 1. The van der Waals surface area contributed by atoms with Gasteiger partial charge in [0, 0.05) is 0 Å².